The van der Waals surface area contributed by atoms with E-state index >= 15 is 0 Å². The Morgan fingerprint density at radius 3 is 2.93 bits per heavy atom. The second kappa shape index (κ2) is 8.33. The van der Waals surface area contributed by atoms with Gasteiger partial charge in [-0.1, -0.05) is 6.92 Å². The molecule has 6 N–H and O–H groups in total. The highest BCUT2D eigenvalue weighted by molar-refractivity contribution is 7.99. The molecule has 0 saturated heterocycles. The Morgan fingerprint density at radius 2 is 2.26 bits per heavy atom. The van der Waals surface area contributed by atoms with Gasteiger partial charge in [0.15, 0.2) is 11.4 Å². The summed E-state index contributed by atoms with van der Waals surface area (Å²) in [5.74, 6) is 0.765. The van der Waals surface area contributed by atoms with Crippen LogP contribution >= 0.6 is 11.8 Å². The number of carbonyl (C=O) groups excluding carboxylic acids is 1. The molecule has 1 atom stereocenters. The molecule has 0 spiro atoms. The summed E-state index contributed by atoms with van der Waals surface area (Å²) in [6.45, 7) is 1.62. The van der Waals surface area contributed by atoms with Gasteiger partial charge >= 0.3 is 0 Å². The lowest BCUT2D eigenvalue weighted by Crippen LogP contribution is -2.23. The molecule has 0 amide bonds. The molecule has 0 bridgehead atoms. The monoisotopic (exact) mass is 388 g/mol. The summed E-state index contributed by atoms with van der Waals surface area (Å²) in [5.41, 5.74) is 7.63. The lowest BCUT2D eigenvalue weighted by molar-refractivity contribution is 0.105. The third-order valence-electron chi connectivity index (χ3n) is 3.94. The average molecular weight is 388 g/mol. The Morgan fingerprint density at radius 1 is 1.44 bits per heavy atom. The van der Waals surface area contributed by atoms with E-state index in [0.717, 1.165) is 12.0 Å². The maximum Gasteiger partial charge on any atom is 0.196 e. The minimum atomic E-state index is -0.954. The van der Waals surface area contributed by atoms with Gasteiger partial charge in [0.05, 0.1) is 23.0 Å². The second-order valence-electron chi connectivity index (χ2n) is 5.77. The number of hydrogen-bond acceptors (Lipinski definition) is 9. The van der Waals surface area contributed by atoms with Crippen molar-refractivity contribution in [2.75, 3.05) is 24.2 Å². The zero-order valence-electron chi connectivity index (χ0n) is 14.6. The van der Waals surface area contributed by atoms with Gasteiger partial charge < -0.3 is 26.2 Å². The third-order valence-corrected chi connectivity index (χ3v) is 4.87. The SMILES string of the molecule is CCc1[nH]c2nc(Sc3cccnc3N)nc(NCC(O)CO)c2c1C=O. The van der Waals surface area contributed by atoms with Gasteiger partial charge in [0.1, 0.15) is 17.3 Å². The molecule has 0 aliphatic carbocycles. The van der Waals surface area contributed by atoms with E-state index in [1.54, 1.807) is 12.3 Å². The van der Waals surface area contributed by atoms with Crippen molar-refractivity contribution in [1.29, 1.82) is 0 Å². The first-order valence-corrected chi connectivity index (χ1v) is 9.17. The molecule has 3 aromatic rings. The van der Waals surface area contributed by atoms with Crippen LogP contribution in [-0.4, -0.2) is 55.7 Å². The standard InChI is InChI=1S/C17H20N6O3S/c1-2-11-10(8-25)13-15(20-6-9(26)7-24)22-17(23-16(13)21-11)27-12-4-3-5-19-14(12)18/h3-5,8-9,24,26H,2,6-7H2,1H3,(H2,18,19)(H2,20,21,22,23). The van der Waals surface area contributed by atoms with Gasteiger partial charge in [-0.2, -0.15) is 0 Å². The molecule has 3 rings (SSSR count). The molecule has 3 aromatic heterocycles. The van der Waals surface area contributed by atoms with Crippen LogP contribution < -0.4 is 11.1 Å². The maximum absolute atomic E-state index is 11.6. The minimum Gasteiger partial charge on any atom is -0.394 e. The van der Waals surface area contributed by atoms with Crippen LogP contribution in [0.15, 0.2) is 28.4 Å². The number of aryl methyl sites for hydroxylation is 1. The van der Waals surface area contributed by atoms with Crippen LogP contribution in [0.3, 0.4) is 0 Å². The number of H-pyrrole nitrogens is 1. The molecule has 0 saturated carbocycles. The number of nitrogen functional groups attached to an aromatic ring is 1. The maximum atomic E-state index is 11.6. The zero-order chi connectivity index (χ0) is 19.4. The summed E-state index contributed by atoms with van der Waals surface area (Å²) in [7, 11) is 0. The van der Waals surface area contributed by atoms with Crippen LogP contribution in [0.1, 0.15) is 23.0 Å². The summed E-state index contributed by atoms with van der Waals surface area (Å²) in [6, 6.07) is 3.58. The lowest BCUT2D eigenvalue weighted by atomic mass is 10.1. The van der Waals surface area contributed by atoms with Gasteiger partial charge in [0, 0.05) is 24.0 Å². The average Bonchev–Trinajstić information content (AvgIpc) is 3.05. The molecule has 1 unspecified atom stereocenters. The number of nitrogens with one attached hydrogen (secondary N) is 2. The Labute approximate surface area is 159 Å². The summed E-state index contributed by atoms with van der Waals surface area (Å²) in [5, 5.41) is 22.6. The largest absolute Gasteiger partial charge is 0.394 e. The van der Waals surface area contributed by atoms with Gasteiger partial charge in [0.25, 0.3) is 0 Å². The zero-order valence-corrected chi connectivity index (χ0v) is 15.5. The number of rotatable bonds is 8. The molecule has 27 heavy (non-hydrogen) atoms. The van der Waals surface area contributed by atoms with Crippen molar-refractivity contribution in [2.45, 2.75) is 29.5 Å². The lowest BCUT2D eigenvalue weighted by Gasteiger charge is -2.12. The predicted molar refractivity (Wildman–Crippen MR) is 103 cm³/mol. The van der Waals surface area contributed by atoms with Crippen molar-refractivity contribution in [2.24, 2.45) is 0 Å². The van der Waals surface area contributed by atoms with E-state index in [2.05, 4.69) is 25.3 Å². The quantitative estimate of drug-likeness (QED) is 0.283. The fourth-order valence-corrected chi connectivity index (χ4v) is 3.37. The molecule has 142 valence electrons. The molecule has 0 fully saturated rings. The van der Waals surface area contributed by atoms with E-state index in [9.17, 15) is 9.90 Å². The minimum absolute atomic E-state index is 0.0761. The number of fused-ring (bicyclic) bond motifs is 1. The highest BCUT2D eigenvalue weighted by atomic mass is 32.2. The van der Waals surface area contributed by atoms with Gasteiger partial charge in [-0.05, 0) is 30.3 Å². The molecule has 0 radical (unpaired) electrons. The smallest absolute Gasteiger partial charge is 0.196 e. The van der Waals surface area contributed by atoms with Gasteiger partial charge in [0.2, 0.25) is 0 Å². The number of hydrogen-bond donors (Lipinski definition) is 5. The number of aldehydes is 1. The number of aliphatic hydroxyl groups excluding tert-OH is 2. The van der Waals surface area contributed by atoms with Crippen molar-refractivity contribution in [1.82, 2.24) is 19.9 Å². The number of aromatic amines is 1. The summed E-state index contributed by atoms with van der Waals surface area (Å²) in [4.78, 5) is 28.5. The number of nitrogens with two attached hydrogens (primary N) is 1. The number of aliphatic hydroxyl groups is 2. The van der Waals surface area contributed by atoms with Gasteiger partial charge in [-0.3, -0.25) is 4.79 Å². The van der Waals surface area contributed by atoms with Gasteiger partial charge in [-0.25, -0.2) is 15.0 Å². The molecule has 0 aliphatic heterocycles. The number of anilines is 2. The first-order valence-electron chi connectivity index (χ1n) is 8.36. The normalized spacial score (nSPS) is 12.3. The fourth-order valence-electron chi connectivity index (χ4n) is 2.60. The van der Waals surface area contributed by atoms with E-state index in [1.165, 1.54) is 11.8 Å². The first-order chi connectivity index (χ1) is 13.1. The Hall–Kier alpha value is -2.69. The van der Waals surface area contributed by atoms with E-state index < -0.39 is 6.10 Å². The van der Waals surface area contributed by atoms with Crippen molar-refractivity contribution in [3.8, 4) is 0 Å². The Bertz CT molecular complexity index is 961. The molecule has 9 nitrogen and oxygen atoms in total. The number of carbonyl (C=O) groups is 1. The molecule has 3 heterocycles. The topological polar surface area (TPSA) is 150 Å². The van der Waals surface area contributed by atoms with Crippen LogP contribution in [0.4, 0.5) is 11.6 Å². The summed E-state index contributed by atoms with van der Waals surface area (Å²) < 4.78 is 0. The van der Waals surface area contributed by atoms with Crippen molar-refractivity contribution in [3.63, 3.8) is 0 Å². The fraction of sp³-hybridized carbons (Fsp3) is 0.294. The molecular formula is C17H20N6O3S. The van der Waals surface area contributed by atoms with Crippen molar-refractivity contribution in [3.05, 3.63) is 29.6 Å². The van der Waals surface area contributed by atoms with Crippen LogP contribution in [0.5, 0.6) is 0 Å². The third kappa shape index (κ3) is 4.02. The van der Waals surface area contributed by atoms with E-state index in [4.69, 9.17) is 10.8 Å². The summed E-state index contributed by atoms with van der Waals surface area (Å²) in [6.07, 6.45) is 2.04. The molecule has 0 aliphatic rings. The van der Waals surface area contributed by atoms with Crippen LogP contribution in [0, 0.1) is 0 Å². The van der Waals surface area contributed by atoms with Gasteiger partial charge in [-0.15, -0.1) is 0 Å². The van der Waals surface area contributed by atoms with E-state index in [-0.39, 0.29) is 13.2 Å². The molecular weight excluding hydrogens is 368 g/mol. The Kier molecular flexibility index (Phi) is 5.89. The van der Waals surface area contributed by atoms with Crippen LogP contribution in [-0.2, 0) is 6.42 Å². The highest BCUT2D eigenvalue weighted by Gasteiger charge is 2.19. The highest BCUT2D eigenvalue weighted by Crippen LogP contribution is 2.33. The Balaban J connectivity index is 2.07. The van der Waals surface area contributed by atoms with E-state index in [0.29, 0.717) is 44.7 Å². The summed E-state index contributed by atoms with van der Waals surface area (Å²) >= 11 is 1.24. The number of nitrogens with zero attached hydrogens (tertiary/aromatic N) is 3. The molecule has 10 heteroatoms. The van der Waals surface area contributed by atoms with Crippen LogP contribution in [0.25, 0.3) is 11.0 Å². The molecule has 0 aromatic carbocycles. The van der Waals surface area contributed by atoms with E-state index in [1.807, 2.05) is 13.0 Å². The first kappa shape index (κ1) is 19.1. The predicted octanol–water partition coefficient (Wildman–Crippen LogP) is 1.23. The number of aromatic nitrogens is 4. The second-order valence-corrected chi connectivity index (χ2v) is 6.78. The van der Waals surface area contributed by atoms with Crippen molar-refractivity contribution >= 4 is 40.7 Å². The van der Waals surface area contributed by atoms with Crippen LogP contribution in [0.2, 0.25) is 0 Å². The number of pyridine rings is 1. The van der Waals surface area contributed by atoms with Crippen molar-refractivity contribution < 1.29 is 15.0 Å².